The first-order valence-corrected chi connectivity index (χ1v) is 10.7. The second-order valence-electron chi connectivity index (χ2n) is 5.52. The van der Waals surface area contributed by atoms with Gasteiger partial charge in [-0.05, 0) is 44.6 Å². The third-order valence-corrected chi connectivity index (χ3v) is 5.36. The van der Waals surface area contributed by atoms with Gasteiger partial charge in [-0.2, -0.15) is 0 Å². The first-order chi connectivity index (χ1) is 10.0. The van der Waals surface area contributed by atoms with Crippen LogP contribution >= 0.6 is 0 Å². The highest BCUT2D eigenvalue weighted by atomic mass is 32.2. The van der Waals surface area contributed by atoms with Gasteiger partial charge in [-0.15, -0.1) is 0 Å². The maximum atomic E-state index is 11.4. The topological polar surface area (TPSA) is 83.6 Å². The Bertz CT molecular complexity index is 682. The summed E-state index contributed by atoms with van der Waals surface area (Å²) in [5.74, 6) is 0. The summed E-state index contributed by atoms with van der Waals surface area (Å²) in [6.07, 6.45) is 3.03. The Morgan fingerprint density at radius 3 is 2.09 bits per heavy atom. The zero-order valence-electron chi connectivity index (χ0n) is 13.4. The lowest BCUT2D eigenvalue weighted by atomic mass is 10.1. The molecule has 22 heavy (non-hydrogen) atoms. The van der Waals surface area contributed by atoms with Crippen LogP contribution in [0.25, 0.3) is 0 Å². The van der Waals surface area contributed by atoms with Gasteiger partial charge in [0.2, 0.25) is 10.0 Å². The molecule has 6 nitrogen and oxygen atoms in total. The summed E-state index contributed by atoms with van der Waals surface area (Å²) in [7, 11) is -4.36. The van der Waals surface area contributed by atoms with Crippen molar-refractivity contribution in [3.8, 4) is 0 Å². The normalized spacial score (nSPS) is 14.2. The number of sulfone groups is 1. The number of nitrogens with one attached hydrogen (secondary N) is 1. The van der Waals surface area contributed by atoms with Gasteiger partial charge in [-0.1, -0.05) is 12.1 Å². The lowest BCUT2D eigenvalue weighted by Crippen LogP contribution is -2.28. The van der Waals surface area contributed by atoms with E-state index < -0.39 is 19.9 Å². The minimum atomic E-state index is -3.18. The van der Waals surface area contributed by atoms with Crippen LogP contribution in [0, 0.1) is 0 Å². The van der Waals surface area contributed by atoms with Crippen molar-refractivity contribution in [2.24, 2.45) is 0 Å². The molecule has 0 aliphatic carbocycles. The van der Waals surface area contributed by atoms with E-state index in [9.17, 15) is 16.8 Å². The van der Waals surface area contributed by atoms with Gasteiger partial charge in [0.25, 0.3) is 0 Å². The van der Waals surface area contributed by atoms with E-state index >= 15 is 0 Å². The van der Waals surface area contributed by atoms with Gasteiger partial charge < -0.3 is 0 Å². The Hall–Kier alpha value is -0.960. The van der Waals surface area contributed by atoms with Gasteiger partial charge in [0.05, 0.1) is 11.2 Å². The molecule has 0 spiro atoms. The Kier molecular flexibility index (Phi) is 6.54. The number of hydrogen-bond donors (Lipinski definition) is 1. The highest BCUT2D eigenvalue weighted by Gasteiger charge is 2.13. The minimum absolute atomic E-state index is 0.117. The summed E-state index contributed by atoms with van der Waals surface area (Å²) in [5, 5.41) is 0. The van der Waals surface area contributed by atoms with E-state index in [-0.39, 0.29) is 6.04 Å². The Morgan fingerprint density at radius 2 is 1.64 bits per heavy atom. The lowest BCUT2D eigenvalue weighted by molar-refractivity contribution is 0.259. The molecular formula is C14H24N2O4S2. The average molecular weight is 348 g/mol. The first kappa shape index (κ1) is 19.1. The molecule has 0 saturated carbocycles. The van der Waals surface area contributed by atoms with E-state index in [1.165, 1.54) is 6.26 Å². The molecule has 0 fully saturated rings. The van der Waals surface area contributed by atoms with Crippen LogP contribution in [0.5, 0.6) is 0 Å². The number of hydrogen-bond acceptors (Lipinski definition) is 5. The van der Waals surface area contributed by atoms with E-state index in [2.05, 4.69) is 9.62 Å². The van der Waals surface area contributed by atoms with Crippen LogP contribution < -0.4 is 4.72 Å². The Morgan fingerprint density at radius 1 is 1.09 bits per heavy atom. The van der Waals surface area contributed by atoms with Gasteiger partial charge >= 0.3 is 0 Å². The average Bonchev–Trinajstić information content (AvgIpc) is 2.40. The third-order valence-electron chi connectivity index (χ3n) is 3.50. The van der Waals surface area contributed by atoms with Crippen LogP contribution in [0.4, 0.5) is 0 Å². The number of nitrogens with zero attached hydrogens (tertiary/aromatic N) is 1. The molecule has 1 aromatic carbocycles. The summed E-state index contributed by atoms with van der Waals surface area (Å²) >= 11 is 0. The van der Waals surface area contributed by atoms with Crippen molar-refractivity contribution in [1.29, 1.82) is 0 Å². The second kappa shape index (κ2) is 7.54. The fourth-order valence-electron chi connectivity index (χ4n) is 2.03. The van der Waals surface area contributed by atoms with Gasteiger partial charge in [-0.25, -0.2) is 21.6 Å². The molecule has 0 aliphatic rings. The summed E-state index contributed by atoms with van der Waals surface area (Å²) < 4.78 is 47.3. The molecule has 0 amide bonds. The molecular weight excluding hydrogens is 324 g/mol. The zero-order chi connectivity index (χ0) is 17.0. The molecule has 1 unspecified atom stereocenters. The maximum absolute atomic E-state index is 11.4. The Balaban J connectivity index is 2.58. The molecule has 0 bridgehead atoms. The van der Waals surface area contributed by atoms with Gasteiger partial charge in [0.15, 0.2) is 9.84 Å². The summed E-state index contributed by atoms with van der Waals surface area (Å²) in [6.45, 7) is 3.17. The Labute approximate surface area is 133 Å². The van der Waals surface area contributed by atoms with Crippen molar-refractivity contribution >= 4 is 19.9 Å². The van der Waals surface area contributed by atoms with Crippen molar-refractivity contribution in [2.75, 3.05) is 32.6 Å². The summed E-state index contributed by atoms with van der Waals surface area (Å²) in [5.41, 5.74) is 1.02. The fourth-order valence-corrected chi connectivity index (χ4v) is 3.17. The second-order valence-corrected chi connectivity index (χ2v) is 9.37. The van der Waals surface area contributed by atoms with Crippen molar-refractivity contribution in [3.63, 3.8) is 0 Å². The van der Waals surface area contributed by atoms with Crippen molar-refractivity contribution < 1.29 is 16.8 Å². The van der Waals surface area contributed by atoms with Gasteiger partial charge in [-0.3, -0.25) is 4.90 Å². The molecule has 1 atom stereocenters. The van der Waals surface area contributed by atoms with Crippen molar-refractivity contribution in [1.82, 2.24) is 9.62 Å². The minimum Gasteiger partial charge on any atom is -0.300 e. The number of sulfonamides is 1. The molecule has 1 N–H and O–H groups in total. The lowest BCUT2D eigenvalue weighted by Gasteiger charge is -2.25. The largest absolute Gasteiger partial charge is 0.300 e. The quantitative estimate of drug-likeness (QED) is 0.709. The van der Waals surface area contributed by atoms with Crippen LogP contribution in [0.3, 0.4) is 0 Å². The van der Waals surface area contributed by atoms with E-state index in [4.69, 9.17) is 0 Å². The number of benzene rings is 1. The zero-order valence-corrected chi connectivity index (χ0v) is 15.0. The van der Waals surface area contributed by atoms with Crippen LogP contribution in [-0.4, -0.2) is 54.4 Å². The summed E-state index contributed by atoms with van der Waals surface area (Å²) in [6, 6.07) is 6.96. The van der Waals surface area contributed by atoms with Gasteiger partial charge in [0, 0.05) is 18.8 Å². The molecule has 0 aromatic heterocycles. The fraction of sp³-hybridized carbons (Fsp3) is 0.571. The van der Waals surface area contributed by atoms with E-state index in [0.717, 1.165) is 18.4 Å². The van der Waals surface area contributed by atoms with Crippen LogP contribution in [0.15, 0.2) is 29.2 Å². The monoisotopic (exact) mass is 348 g/mol. The highest BCUT2D eigenvalue weighted by molar-refractivity contribution is 7.90. The van der Waals surface area contributed by atoms with Crippen LogP contribution in [0.1, 0.15) is 24.9 Å². The molecule has 126 valence electrons. The van der Waals surface area contributed by atoms with Crippen LogP contribution in [0.2, 0.25) is 0 Å². The third kappa shape index (κ3) is 6.43. The smallest absolute Gasteiger partial charge is 0.208 e. The molecule has 0 saturated heterocycles. The molecule has 0 heterocycles. The molecule has 1 rings (SSSR count). The van der Waals surface area contributed by atoms with Gasteiger partial charge in [0.1, 0.15) is 0 Å². The molecule has 8 heteroatoms. The maximum Gasteiger partial charge on any atom is 0.208 e. The molecule has 0 aliphatic heterocycles. The predicted molar refractivity (Wildman–Crippen MR) is 88.1 cm³/mol. The van der Waals surface area contributed by atoms with Crippen molar-refractivity contribution in [2.45, 2.75) is 24.3 Å². The molecule has 0 radical (unpaired) electrons. The molecule has 1 aromatic rings. The standard InChI is InChI=1S/C14H24N2O4S2/c1-12(16(2)11-5-10-15-22(4,19)20)13-6-8-14(9-7-13)21(3,17)18/h6-9,12,15H,5,10-11H2,1-4H3. The SMILES string of the molecule is CC(c1ccc(S(C)(=O)=O)cc1)N(C)CCCNS(C)(=O)=O. The van der Waals surface area contributed by atoms with Crippen LogP contribution in [-0.2, 0) is 19.9 Å². The summed E-state index contributed by atoms with van der Waals surface area (Å²) in [4.78, 5) is 2.41. The first-order valence-electron chi connectivity index (χ1n) is 6.95. The predicted octanol–water partition coefficient (Wildman–Crippen LogP) is 1.02. The van der Waals surface area contributed by atoms with Crippen molar-refractivity contribution in [3.05, 3.63) is 29.8 Å². The van der Waals surface area contributed by atoms with E-state index in [1.54, 1.807) is 12.1 Å². The number of rotatable bonds is 8. The highest BCUT2D eigenvalue weighted by Crippen LogP contribution is 2.20. The van der Waals surface area contributed by atoms with E-state index in [0.29, 0.717) is 17.9 Å². The van der Waals surface area contributed by atoms with E-state index in [1.807, 2.05) is 26.1 Å².